The van der Waals surface area contributed by atoms with E-state index in [1.807, 2.05) is 6.92 Å². The number of rotatable bonds is 5. The maximum absolute atomic E-state index is 4.47. The van der Waals surface area contributed by atoms with Crippen LogP contribution in [0.1, 0.15) is 31.9 Å². The molecule has 1 N–H and O–H groups in total. The van der Waals surface area contributed by atoms with E-state index in [0.29, 0.717) is 6.04 Å². The lowest BCUT2D eigenvalue weighted by Crippen LogP contribution is -2.38. The van der Waals surface area contributed by atoms with Gasteiger partial charge in [-0.05, 0) is 32.7 Å². The highest BCUT2D eigenvalue weighted by Gasteiger charge is 2.19. The molecule has 4 heteroatoms. The van der Waals surface area contributed by atoms with Crippen LogP contribution >= 0.6 is 0 Å². The molecule has 2 rings (SSSR count). The van der Waals surface area contributed by atoms with Crippen LogP contribution in [0.3, 0.4) is 0 Å². The molecule has 17 heavy (non-hydrogen) atoms. The van der Waals surface area contributed by atoms with E-state index in [2.05, 4.69) is 27.1 Å². The number of nitrogens with one attached hydrogen (secondary N) is 1. The van der Waals surface area contributed by atoms with Gasteiger partial charge in [-0.1, -0.05) is 6.92 Å². The highest BCUT2D eigenvalue weighted by molar-refractivity contribution is 5.42. The fourth-order valence-electron chi connectivity index (χ4n) is 2.44. The molecule has 0 radical (unpaired) electrons. The second kappa shape index (κ2) is 5.96. The van der Waals surface area contributed by atoms with Gasteiger partial charge in [0.2, 0.25) is 0 Å². The lowest BCUT2D eigenvalue weighted by atomic mass is 10.2. The summed E-state index contributed by atoms with van der Waals surface area (Å²) in [6.45, 7) is 7.50. The van der Waals surface area contributed by atoms with Gasteiger partial charge in [-0.3, -0.25) is 4.98 Å². The Kier molecular flexibility index (Phi) is 4.31. The quantitative estimate of drug-likeness (QED) is 0.843. The van der Waals surface area contributed by atoms with Crippen molar-refractivity contribution in [1.29, 1.82) is 0 Å². The predicted octanol–water partition coefficient (Wildman–Crippen LogP) is 1.75. The van der Waals surface area contributed by atoms with Crippen LogP contribution in [0.2, 0.25) is 0 Å². The molecule has 1 aromatic rings. The van der Waals surface area contributed by atoms with E-state index < -0.39 is 0 Å². The van der Waals surface area contributed by atoms with E-state index in [1.54, 1.807) is 12.4 Å². The largest absolute Gasteiger partial charge is 0.354 e. The minimum Gasteiger partial charge on any atom is -0.354 e. The van der Waals surface area contributed by atoms with E-state index >= 15 is 0 Å². The molecule has 0 bridgehead atoms. The Morgan fingerprint density at radius 1 is 1.41 bits per heavy atom. The summed E-state index contributed by atoms with van der Waals surface area (Å²) in [5.74, 6) is 1.04. The number of hydrogen-bond acceptors (Lipinski definition) is 4. The van der Waals surface area contributed by atoms with Crippen molar-refractivity contribution >= 4 is 5.82 Å². The zero-order valence-corrected chi connectivity index (χ0v) is 10.8. The average Bonchev–Trinajstić information content (AvgIpc) is 2.82. The first-order valence-corrected chi connectivity index (χ1v) is 6.57. The Bertz CT molecular complexity index is 347. The van der Waals surface area contributed by atoms with Gasteiger partial charge >= 0.3 is 0 Å². The van der Waals surface area contributed by atoms with Crippen molar-refractivity contribution in [2.45, 2.75) is 39.2 Å². The fourth-order valence-corrected chi connectivity index (χ4v) is 2.44. The van der Waals surface area contributed by atoms with Gasteiger partial charge in [0.15, 0.2) is 0 Å². The highest BCUT2D eigenvalue weighted by Crippen LogP contribution is 2.16. The molecule has 4 nitrogen and oxygen atoms in total. The van der Waals surface area contributed by atoms with E-state index in [-0.39, 0.29) is 0 Å². The molecule has 0 spiro atoms. The molecule has 1 aromatic heterocycles. The minimum atomic E-state index is 0.614. The first-order valence-electron chi connectivity index (χ1n) is 6.57. The van der Waals surface area contributed by atoms with Crippen molar-refractivity contribution in [3.05, 3.63) is 18.1 Å². The summed E-state index contributed by atoms with van der Waals surface area (Å²) < 4.78 is 0. The van der Waals surface area contributed by atoms with Crippen LogP contribution in [0, 0.1) is 6.92 Å². The van der Waals surface area contributed by atoms with Crippen molar-refractivity contribution in [3.63, 3.8) is 0 Å². The summed E-state index contributed by atoms with van der Waals surface area (Å²) in [4.78, 5) is 11.2. The summed E-state index contributed by atoms with van der Waals surface area (Å²) in [7, 11) is 0. The number of hydrogen-bond donors (Lipinski definition) is 1. The van der Waals surface area contributed by atoms with Gasteiger partial charge in [-0.25, -0.2) is 4.98 Å². The molecule has 1 aliphatic rings. The minimum absolute atomic E-state index is 0.614. The molecule has 0 aliphatic carbocycles. The van der Waals surface area contributed by atoms with Gasteiger partial charge in [-0.2, -0.15) is 0 Å². The maximum Gasteiger partial charge on any atom is 0.150 e. The lowest BCUT2D eigenvalue weighted by molar-refractivity contribution is 0.574. The molecule has 1 saturated heterocycles. The molecular weight excluding hydrogens is 212 g/mol. The second-order valence-corrected chi connectivity index (χ2v) is 4.70. The van der Waals surface area contributed by atoms with Crippen LogP contribution in [-0.4, -0.2) is 35.6 Å². The summed E-state index contributed by atoms with van der Waals surface area (Å²) in [5, 5.41) is 3.54. The third kappa shape index (κ3) is 3.16. The van der Waals surface area contributed by atoms with Gasteiger partial charge in [0.25, 0.3) is 0 Å². The number of anilines is 1. The van der Waals surface area contributed by atoms with Crippen LogP contribution in [0.4, 0.5) is 5.82 Å². The molecule has 1 atom stereocenters. The zero-order chi connectivity index (χ0) is 12.1. The van der Waals surface area contributed by atoms with Gasteiger partial charge < -0.3 is 10.2 Å². The summed E-state index contributed by atoms with van der Waals surface area (Å²) in [6, 6.07) is 0.614. The maximum atomic E-state index is 4.47. The molecule has 1 fully saturated rings. The average molecular weight is 234 g/mol. The number of aryl methyl sites for hydroxylation is 1. The van der Waals surface area contributed by atoms with Gasteiger partial charge in [-0.15, -0.1) is 0 Å². The standard InChI is InChI=1S/C13H22N4/c1-3-9-17(10-12-5-4-6-15-12)13-11(2)14-7-8-16-13/h7-8,12,15H,3-6,9-10H2,1-2H3. The molecule has 2 heterocycles. The van der Waals surface area contributed by atoms with Crippen LogP contribution < -0.4 is 10.2 Å². The van der Waals surface area contributed by atoms with E-state index in [4.69, 9.17) is 0 Å². The predicted molar refractivity (Wildman–Crippen MR) is 70.3 cm³/mol. The molecule has 1 unspecified atom stereocenters. The van der Waals surface area contributed by atoms with Crippen molar-refractivity contribution < 1.29 is 0 Å². The van der Waals surface area contributed by atoms with Crippen LogP contribution in [0.25, 0.3) is 0 Å². The SMILES string of the molecule is CCCN(CC1CCCN1)c1nccnc1C. The topological polar surface area (TPSA) is 41.0 Å². The Balaban J connectivity index is 2.08. The highest BCUT2D eigenvalue weighted by atomic mass is 15.2. The van der Waals surface area contributed by atoms with Gasteiger partial charge in [0.05, 0.1) is 5.69 Å². The van der Waals surface area contributed by atoms with Crippen molar-refractivity contribution in [1.82, 2.24) is 15.3 Å². The van der Waals surface area contributed by atoms with Crippen LogP contribution in [-0.2, 0) is 0 Å². The van der Waals surface area contributed by atoms with Gasteiger partial charge in [0.1, 0.15) is 5.82 Å². The third-order valence-electron chi connectivity index (χ3n) is 3.25. The molecular formula is C13H22N4. The summed E-state index contributed by atoms with van der Waals surface area (Å²) in [5.41, 5.74) is 1.03. The van der Waals surface area contributed by atoms with Crippen molar-refractivity contribution in [2.75, 3.05) is 24.5 Å². The lowest BCUT2D eigenvalue weighted by Gasteiger charge is -2.27. The molecule has 0 amide bonds. The zero-order valence-electron chi connectivity index (χ0n) is 10.8. The Labute approximate surface area is 103 Å². The monoisotopic (exact) mass is 234 g/mol. The van der Waals surface area contributed by atoms with E-state index in [1.165, 1.54) is 12.8 Å². The molecule has 94 valence electrons. The first kappa shape index (κ1) is 12.3. The summed E-state index contributed by atoms with van der Waals surface area (Å²) in [6.07, 6.45) is 7.26. The van der Waals surface area contributed by atoms with Crippen LogP contribution in [0.5, 0.6) is 0 Å². The smallest absolute Gasteiger partial charge is 0.150 e. The number of aromatic nitrogens is 2. The van der Waals surface area contributed by atoms with Crippen molar-refractivity contribution in [2.24, 2.45) is 0 Å². The van der Waals surface area contributed by atoms with Crippen LogP contribution in [0.15, 0.2) is 12.4 Å². The van der Waals surface area contributed by atoms with E-state index in [0.717, 1.165) is 37.6 Å². The first-order chi connectivity index (χ1) is 8.31. The van der Waals surface area contributed by atoms with Gasteiger partial charge in [0, 0.05) is 31.5 Å². The molecule has 1 aliphatic heterocycles. The third-order valence-corrected chi connectivity index (χ3v) is 3.25. The van der Waals surface area contributed by atoms with Crippen molar-refractivity contribution in [3.8, 4) is 0 Å². The summed E-state index contributed by atoms with van der Waals surface area (Å²) >= 11 is 0. The molecule has 0 saturated carbocycles. The Morgan fingerprint density at radius 3 is 2.88 bits per heavy atom. The number of nitrogens with zero attached hydrogens (tertiary/aromatic N) is 3. The second-order valence-electron chi connectivity index (χ2n) is 4.70. The Hall–Kier alpha value is -1.16. The normalized spacial score (nSPS) is 19.5. The fraction of sp³-hybridized carbons (Fsp3) is 0.692. The van der Waals surface area contributed by atoms with E-state index in [9.17, 15) is 0 Å². The Morgan fingerprint density at radius 2 is 2.24 bits per heavy atom. The molecule has 0 aromatic carbocycles.